The van der Waals surface area contributed by atoms with E-state index in [1.165, 1.54) is 18.2 Å². The molecule has 1 aliphatic carbocycles. The summed E-state index contributed by atoms with van der Waals surface area (Å²) in [6.07, 6.45) is -0.733. The van der Waals surface area contributed by atoms with Gasteiger partial charge in [0.15, 0.2) is 0 Å². The maximum Gasteiger partial charge on any atom is 0.426 e. The van der Waals surface area contributed by atoms with E-state index in [4.69, 9.17) is 18.9 Å². The zero-order valence-corrected chi connectivity index (χ0v) is 21.0. The van der Waals surface area contributed by atoms with Gasteiger partial charge in [-0.1, -0.05) is 33.1 Å². The minimum absolute atomic E-state index is 0.0358. The predicted octanol–water partition coefficient (Wildman–Crippen LogP) is 7.01. The molecule has 0 aromatic heterocycles. The molecule has 0 aliphatic heterocycles. The summed E-state index contributed by atoms with van der Waals surface area (Å²) in [4.78, 5) is 22.7. The predicted molar refractivity (Wildman–Crippen MR) is 134 cm³/mol. The molecule has 2 aromatic rings. The van der Waals surface area contributed by atoms with Crippen LogP contribution in [0.2, 0.25) is 0 Å². The van der Waals surface area contributed by atoms with Gasteiger partial charge in [-0.2, -0.15) is 17.6 Å². The van der Waals surface area contributed by atoms with E-state index in [2.05, 4.69) is 13.2 Å². The van der Waals surface area contributed by atoms with Crippen molar-refractivity contribution in [1.29, 1.82) is 0 Å². The number of carbonyl (C=O) groups is 2. The highest BCUT2D eigenvalue weighted by molar-refractivity contribution is 5.83. The molecule has 3 rings (SSSR count). The third-order valence-corrected chi connectivity index (χ3v) is 5.08. The molecule has 0 unspecified atom stereocenters. The number of halogens is 4. The Morgan fingerprint density at radius 1 is 0.718 bits per heavy atom. The lowest BCUT2D eigenvalue weighted by Crippen LogP contribution is -2.27. The summed E-state index contributed by atoms with van der Waals surface area (Å²) < 4.78 is 78.8. The van der Waals surface area contributed by atoms with Gasteiger partial charge < -0.3 is 18.9 Å². The number of hydrogen-bond acceptors (Lipinski definition) is 6. The number of rotatable bonds is 10. The molecule has 0 heterocycles. The highest BCUT2D eigenvalue weighted by Crippen LogP contribution is 2.37. The highest BCUT2D eigenvalue weighted by atomic mass is 19.3. The van der Waals surface area contributed by atoms with Crippen molar-refractivity contribution in [3.8, 4) is 17.2 Å². The lowest BCUT2D eigenvalue weighted by atomic mass is 9.91. The van der Waals surface area contributed by atoms with Crippen LogP contribution in [0.3, 0.4) is 0 Å². The van der Waals surface area contributed by atoms with E-state index < -0.39 is 40.7 Å². The number of esters is 2. The minimum Gasteiger partial charge on any atom is -0.429 e. The standard InChI is InChI=1S/C29H24F4O6/c1-5-25(34)36-21-10-7-19(8-11-21)28(30,31)38-22-13-15-23(16-14-22)39-29(32,33)20-9-12-24(37-26(35)6-2)18-27(3,4)17-20/h5-18H,1-2H2,3-4H3. The largest absolute Gasteiger partial charge is 0.429 e. The Labute approximate surface area is 222 Å². The van der Waals surface area contributed by atoms with Crippen LogP contribution in [0.1, 0.15) is 19.4 Å². The molecule has 0 fully saturated rings. The van der Waals surface area contributed by atoms with Crippen molar-refractivity contribution in [2.75, 3.05) is 0 Å². The van der Waals surface area contributed by atoms with Crippen molar-refractivity contribution in [3.05, 3.63) is 115 Å². The second-order valence-electron chi connectivity index (χ2n) is 8.78. The first-order valence-corrected chi connectivity index (χ1v) is 11.4. The zero-order valence-electron chi connectivity index (χ0n) is 21.0. The van der Waals surface area contributed by atoms with Crippen LogP contribution >= 0.6 is 0 Å². The van der Waals surface area contributed by atoms with E-state index in [0.29, 0.717) is 0 Å². The summed E-state index contributed by atoms with van der Waals surface area (Å²) in [7, 11) is 0. The Balaban J connectivity index is 1.70. The third kappa shape index (κ3) is 7.94. The molecule has 0 saturated heterocycles. The Morgan fingerprint density at radius 3 is 1.74 bits per heavy atom. The quantitative estimate of drug-likeness (QED) is 0.139. The van der Waals surface area contributed by atoms with Crippen LogP contribution in [-0.2, 0) is 20.4 Å². The summed E-state index contributed by atoms with van der Waals surface area (Å²) in [6.45, 7) is 9.80. The molecule has 1 aliphatic rings. The Morgan fingerprint density at radius 2 is 1.21 bits per heavy atom. The lowest BCUT2D eigenvalue weighted by Gasteiger charge is -2.22. The molecule has 6 nitrogen and oxygen atoms in total. The van der Waals surface area contributed by atoms with Crippen LogP contribution in [0.5, 0.6) is 17.2 Å². The number of ether oxygens (including phenoxy) is 4. The molecule has 10 heteroatoms. The molecule has 0 saturated carbocycles. The SMILES string of the molecule is C=CC(=O)OC1=CC(C)(C)C=C(C(F)(F)Oc2ccc(OC(F)(F)c3ccc(OC(=O)C=C)cc3)cc2)C=C1. The molecule has 39 heavy (non-hydrogen) atoms. The van der Waals surface area contributed by atoms with Crippen molar-refractivity contribution in [3.63, 3.8) is 0 Å². The topological polar surface area (TPSA) is 71.1 Å². The molecule has 0 bridgehead atoms. The van der Waals surface area contributed by atoms with Crippen LogP contribution in [0, 0.1) is 5.41 Å². The van der Waals surface area contributed by atoms with Crippen molar-refractivity contribution in [2.24, 2.45) is 5.41 Å². The summed E-state index contributed by atoms with van der Waals surface area (Å²) in [5, 5.41) is 0. The number of alkyl halides is 4. The van der Waals surface area contributed by atoms with Gasteiger partial charge >= 0.3 is 24.2 Å². The minimum atomic E-state index is -3.82. The van der Waals surface area contributed by atoms with Crippen LogP contribution in [-0.4, -0.2) is 18.0 Å². The second kappa shape index (κ2) is 11.4. The number of allylic oxidation sites excluding steroid dienone is 3. The zero-order chi connectivity index (χ0) is 28.8. The number of carbonyl (C=O) groups excluding carboxylic acids is 2. The van der Waals surface area contributed by atoms with Gasteiger partial charge in [-0.3, -0.25) is 0 Å². The molecule has 204 valence electrons. The fourth-order valence-electron chi connectivity index (χ4n) is 3.34. The fraction of sp³-hybridized carbons (Fsp3) is 0.172. The summed E-state index contributed by atoms with van der Waals surface area (Å²) in [6, 6.07) is 8.55. The third-order valence-electron chi connectivity index (χ3n) is 5.08. The highest BCUT2D eigenvalue weighted by Gasteiger charge is 2.38. The van der Waals surface area contributed by atoms with Gasteiger partial charge in [0.2, 0.25) is 0 Å². The van der Waals surface area contributed by atoms with Gasteiger partial charge in [0.1, 0.15) is 23.0 Å². The smallest absolute Gasteiger partial charge is 0.426 e. The Hall–Kier alpha value is -4.60. The van der Waals surface area contributed by atoms with Crippen LogP contribution in [0.25, 0.3) is 0 Å². The van der Waals surface area contributed by atoms with Gasteiger partial charge in [0, 0.05) is 17.6 Å². The molecule has 0 N–H and O–H groups in total. The van der Waals surface area contributed by atoms with Gasteiger partial charge in [-0.25, -0.2) is 9.59 Å². The summed E-state index contributed by atoms with van der Waals surface area (Å²) >= 11 is 0. The van der Waals surface area contributed by atoms with E-state index in [1.807, 2.05) is 0 Å². The first-order chi connectivity index (χ1) is 18.2. The van der Waals surface area contributed by atoms with Crippen molar-refractivity contribution >= 4 is 11.9 Å². The average molecular weight is 544 g/mol. The molecule has 0 amide bonds. The first-order valence-electron chi connectivity index (χ1n) is 11.4. The monoisotopic (exact) mass is 544 g/mol. The van der Waals surface area contributed by atoms with E-state index in [-0.39, 0.29) is 23.0 Å². The molecular weight excluding hydrogens is 520 g/mol. The van der Waals surface area contributed by atoms with Crippen LogP contribution < -0.4 is 14.2 Å². The van der Waals surface area contributed by atoms with Crippen LogP contribution in [0.15, 0.2) is 109 Å². The Kier molecular flexibility index (Phi) is 8.48. The summed E-state index contributed by atoms with van der Waals surface area (Å²) in [5.74, 6) is -2.02. The molecule has 0 atom stereocenters. The normalized spacial score (nSPS) is 14.7. The van der Waals surface area contributed by atoms with E-state index >= 15 is 8.78 Å². The van der Waals surface area contributed by atoms with Crippen molar-refractivity contribution < 1.29 is 46.1 Å². The van der Waals surface area contributed by atoms with E-state index in [0.717, 1.165) is 66.8 Å². The average Bonchev–Trinajstić information content (AvgIpc) is 3.02. The summed E-state index contributed by atoms with van der Waals surface area (Å²) in [5.41, 5.74) is -1.98. The van der Waals surface area contributed by atoms with Gasteiger partial charge in [-0.15, -0.1) is 0 Å². The lowest BCUT2D eigenvalue weighted by molar-refractivity contribution is -0.185. The first kappa shape index (κ1) is 29.0. The van der Waals surface area contributed by atoms with E-state index in [1.54, 1.807) is 13.8 Å². The number of hydrogen-bond donors (Lipinski definition) is 0. The second-order valence-corrected chi connectivity index (χ2v) is 8.78. The fourth-order valence-corrected chi connectivity index (χ4v) is 3.34. The van der Waals surface area contributed by atoms with Crippen molar-refractivity contribution in [2.45, 2.75) is 26.1 Å². The van der Waals surface area contributed by atoms with Crippen molar-refractivity contribution in [1.82, 2.24) is 0 Å². The Bertz CT molecular complexity index is 1340. The molecule has 0 radical (unpaired) electrons. The van der Waals surface area contributed by atoms with Gasteiger partial charge in [0.25, 0.3) is 0 Å². The number of benzene rings is 2. The van der Waals surface area contributed by atoms with Crippen LogP contribution in [0.4, 0.5) is 17.6 Å². The molecular formula is C29H24F4O6. The molecule has 2 aromatic carbocycles. The van der Waals surface area contributed by atoms with Gasteiger partial charge in [-0.05, 0) is 66.8 Å². The maximum absolute atomic E-state index is 15.0. The van der Waals surface area contributed by atoms with E-state index in [9.17, 15) is 18.4 Å². The van der Waals surface area contributed by atoms with Gasteiger partial charge in [0.05, 0.1) is 11.1 Å². The molecule has 0 spiro atoms. The maximum atomic E-state index is 15.0.